The molecule has 34 nitrogen and oxygen atoms in total. The summed E-state index contributed by atoms with van der Waals surface area (Å²) in [5.74, 6) is -17.6. The lowest BCUT2D eigenvalue weighted by Gasteiger charge is -2.30. The number of aromatic hydroxyl groups is 6. The van der Waals surface area contributed by atoms with Crippen LogP contribution in [0.25, 0.3) is 0 Å². The Bertz CT molecular complexity index is 2980. The number of guanidine groups is 3. The lowest BCUT2D eigenvalue weighted by atomic mass is 10.1. The van der Waals surface area contributed by atoms with Gasteiger partial charge < -0.3 is 117 Å². The summed E-state index contributed by atoms with van der Waals surface area (Å²) in [6.07, 6.45) is -6.72. The van der Waals surface area contributed by atoms with Crippen LogP contribution in [0.4, 0.5) is 0 Å². The first-order valence-corrected chi connectivity index (χ1v) is 25.8. The maximum atomic E-state index is 14.5. The first-order chi connectivity index (χ1) is 39.9. The van der Waals surface area contributed by atoms with Crippen LogP contribution in [0.5, 0.6) is 34.5 Å². The number of amides is 6. The van der Waals surface area contributed by atoms with Gasteiger partial charge in [0.05, 0.1) is 22.8 Å². The van der Waals surface area contributed by atoms with Crippen molar-refractivity contribution in [2.45, 2.75) is 114 Å². The maximum Gasteiger partial charge on any atom is 0.332 e. The highest BCUT2D eigenvalue weighted by Gasteiger charge is 2.40. The Morgan fingerprint density at radius 3 is 1.02 bits per heavy atom. The second-order valence-corrected chi connectivity index (χ2v) is 18.8. The zero-order valence-electron chi connectivity index (χ0n) is 46.1. The molecule has 26 N–H and O–H groups in total. The van der Waals surface area contributed by atoms with Crippen molar-refractivity contribution < 1.29 is 93.5 Å². The Kier molecular flexibility index (Phi) is 26.5. The molecule has 0 aliphatic rings. The molecule has 0 aliphatic heterocycles. The number of phenols is 6. The second kappa shape index (κ2) is 32.8. The highest BCUT2D eigenvalue weighted by atomic mass is 16.6. The third-order valence-electron chi connectivity index (χ3n) is 12.2. The molecule has 3 aromatic carbocycles. The lowest BCUT2D eigenvalue weighted by Crippen LogP contribution is -2.59. The number of rotatable bonds is 32. The minimum atomic E-state index is -2.25. The van der Waals surface area contributed by atoms with E-state index in [1.165, 1.54) is 18.2 Å². The molecule has 0 bridgehead atoms. The van der Waals surface area contributed by atoms with E-state index in [1.807, 2.05) is 0 Å². The fourth-order valence-electron chi connectivity index (χ4n) is 7.70. The van der Waals surface area contributed by atoms with Crippen LogP contribution in [0.2, 0.25) is 0 Å². The molecular weight excluding hydrogens is 1130 g/mol. The molecule has 85 heavy (non-hydrogen) atoms. The Hall–Kier alpha value is -10.5. The molecule has 0 heterocycles. The SMILES string of the molecule is C[C@@H](OC(=O)[C@@H](NC(=O)[C@H](CCCN=C(N)N)NC(=O)c1cccc(O)c1O)[C@@H](C)OC(=O)[C@@H](NC(=O)[C@H](CCCN=C(N)N)NC(=O)c1cccc(O)c1O)[C@@H](C)O)C(NC(=O)[C@H](CCCN=C(N)N)NC(=O)c1cccc(O)c1O)C(=O)O. The fraction of sp³-hybridized carbons (Fsp3) is 0.412. The van der Waals surface area contributed by atoms with Crippen LogP contribution in [0, 0.1) is 0 Å². The average molecular weight is 1200 g/mol. The Labute approximate surface area is 484 Å². The molecule has 0 saturated carbocycles. The number of carboxylic acids is 1. The topological polar surface area (TPSA) is 599 Å². The third-order valence-corrected chi connectivity index (χ3v) is 12.2. The molecule has 0 radical (unpaired) electrons. The fourth-order valence-corrected chi connectivity index (χ4v) is 7.70. The number of nitrogens with one attached hydrogen (secondary N) is 6. The van der Waals surface area contributed by atoms with Gasteiger partial charge in [0.1, 0.15) is 30.3 Å². The summed E-state index contributed by atoms with van der Waals surface area (Å²) in [7, 11) is 0. The molecule has 0 aliphatic carbocycles. The number of nitrogens with zero attached hydrogens (tertiary/aromatic N) is 3. The van der Waals surface area contributed by atoms with Gasteiger partial charge in [0.25, 0.3) is 17.7 Å². The van der Waals surface area contributed by atoms with Crippen LogP contribution >= 0.6 is 0 Å². The predicted octanol–water partition coefficient (Wildman–Crippen LogP) is -4.44. The van der Waals surface area contributed by atoms with E-state index in [0.29, 0.717) is 0 Å². The van der Waals surface area contributed by atoms with Crippen molar-refractivity contribution in [3.05, 3.63) is 71.3 Å². The van der Waals surface area contributed by atoms with Crippen molar-refractivity contribution >= 4 is 71.2 Å². The maximum absolute atomic E-state index is 14.5. The number of aliphatic hydroxyl groups is 1. The minimum Gasteiger partial charge on any atom is -0.504 e. The van der Waals surface area contributed by atoms with E-state index in [-0.39, 0.29) is 76.0 Å². The summed E-state index contributed by atoms with van der Waals surface area (Å²) in [6.45, 7) is 2.70. The van der Waals surface area contributed by atoms with Crippen molar-refractivity contribution in [3.8, 4) is 34.5 Å². The predicted molar refractivity (Wildman–Crippen MR) is 299 cm³/mol. The van der Waals surface area contributed by atoms with E-state index in [2.05, 4.69) is 46.9 Å². The number of phenolic OH excluding ortho intramolecular Hbond substituents is 6. The van der Waals surface area contributed by atoms with Crippen molar-refractivity contribution in [3.63, 3.8) is 0 Å². The lowest BCUT2D eigenvalue weighted by molar-refractivity contribution is -0.167. The largest absolute Gasteiger partial charge is 0.504 e. The van der Waals surface area contributed by atoms with Crippen LogP contribution in [-0.2, 0) is 38.2 Å². The van der Waals surface area contributed by atoms with Gasteiger partial charge in [-0.15, -0.1) is 0 Å². The molecular formula is C51H71N15O19. The number of esters is 2. The number of carbonyl (C=O) groups excluding carboxylic acids is 8. The number of aliphatic imine (C=N–C) groups is 3. The van der Waals surface area contributed by atoms with Crippen LogP contribution in [0.15, 0.2) is 69.6 Å². The number of carbonyl (C=O) groups is 9. The van der Waals surface area contributed by atoms with Crippen molar-refractivity contribution in [2.24, 2.45) is 49.4 Å². The van der Waals surface area contributed by atoms with E-state index < -0.39 is 159 Å². The zero-order chi connectivity index (χ0) is 63.8. The standard InChI is InChI=1S/C51H71N15O19/c1-22(67)34(64-43(77)28(13-7-19-58-49(52)53)61-40(74)25-10-4-16-31(68)37(25)71)47(82)85-24(3)36(66-45(79)30(15-9-21-60-51(56)57)63-42(76)27-12-6-18-33(70)39(27)73)48(83)84-23(2)35(46(80)81)65-44(78)29(14-8-20-59-50(54)55)62-41(75)26-11-5-17-32(69)38(26)72/h4-6,10-12,16-18,22-24,28-30,34-36,67-73H,7-9,13-15,19-21H2,1-3H3,(H,61,74)(H,62,75)(H,63,76)(H,64,77)(H,65,78)(H,66,79)(H,80,81)(H4,52,53,58)(H4,54,55,59)(H4,56,57,60)/t22-,23-,24-,28+,29+,30+,34+,35?,36+/m1/s1. The van der Waals surface area contributed by atoms with Crippen LogP contribution in [-0.4, -0.2) is 186 Å². The Morgan fingerprint density at radius 2 is 0.729 bits per heavy atom. The summed E-state index contributed by atoms with van der Waals surface area (Å²) >= 11 is 0. The van der Waals surface area contributed by atoms with Gasteiger partial charge in [-0.3, -0.25) is 43.7 Å². The summed E-state index contributed by atoms with van der Waals surface area (Å²) < 4.78 is 11.1. The van der Waals surface area contributed by atoms with Crippen molar-refractivity contribution in [1.82, 2.24) is 31.9 Å². The van der Waals surface area contributed by atoms with Crippen LogP contribution in [0.1, 0.15) is 90.4 Å². The van der Waals surface area contributed by atoms with Gasteiger partial charge in [-0.25, -0.2) is 14.4 Å². The number of aliphatic hydroxyl groups excluding tert-OH is 1. The van der Waals surface area contributed by atoms with E-state index in [1.54, 1.807) is 0 Å². The van der Waals surface area contributed by atoms with Gasteiger partial charge in [-0.05, 0) is 95.7 Å². The number of hydrogen-bond acceptors (Lipinski definition) is 21. The molecule has 3 aromatic rings. The molecule has 1 unspecified atom stereocenters. The number of ether oxygens (including phenoxy) is 2. The summed E-state index contributed by atoms with van der Waals surface area (Å²) in [5.41, 5.74) is 31.0. The number of carboxylic acid groups (broad SMARTS) is 1. The molecule has 464 valence electrons. The molecule has 3 rings (SSSR count). The highest BCUT2D eigenvalue weighted by molar-refractivity contribution is 6.03. The number of aliphatic carboxylic acids is 1. The van der Waals surface area contributed by atoms with Gasteiger partial charge in [-0.1, -0.05) is 18.2 Å². The number of nitrogens with two attached hydrogens (primary N) is 6. The first-order valence-electron chi connectivity index (χ1n) is 25.8. The average Bonchev–Trinajstić information content (AvgIpc) is 3.58. The van der Waals surface area contributed by atoms with Crippen molar-refractivity contribution in [2.75, 3.05) is 19.6 Å². The van der Waals surface area contributed by atoms with Gasteiger partial charge in [0.15, 0.2) is 70.5 Å². The smallest absolute Gasteiger partial charge is 0.332 e. The third kappa shape index (κ3) is 21.4. The van der Waals surface area contributed by atoms with Crippen molar-refractivity contribution in [1.29, 1.82) is 0 Å². The minimum absolute atomic E-state index is 0.00573. The monoisotopic (exact) mass is 1200 g/mol. The summed E-state index contributed by atoms with van der Waals surface area (Å²) in [5, 5.41) is 96.1. The molecule has 34 heteroatoms. The van der Waals surface area contributed by atoms with Gasteiger partial charge >= 0.3 is 17.9 Å². The van der Waals surface area contributed by atoms with E-state index >= 15 is 0 Å². The molecule has 0 aromatic heterocycles. The molecule has 0 fully saturated rings. The van der Waals surface area contributed by atoms with E-state index in [0.717, 1.165) is 57.2 Å². The quantitative estimate of drug-likeness (QED) is 0.00922. The Morgan fingerprint density at radius 1 is 0.447 bits per heavy atom. The first kappa shape index (κ1) is 68.7. The Balaban J connectivity index is 2.07. The van der Waals surface area contributed by atoms with Crippen LogP contribution in [0.3, 0.4) is 0 Å². The normalized spacial score (nSPS) is 14.0. The number of benzene rings is 3. The summed E-state index contributed by atoms with van der Waals surface area (Å²) in [4.78, 5) is 135. The van der Waals surface area contributed by atoms with Gasteiger partial charge in [0, 0.05) is 19.6 Å². The molecule has 0 saturated heterocycles. The molecule has 9 atom stereocenters. The number of para-hydroxylation sites is 3. The van der Waals surface area contributed by atoms with Crippen LogP contribution < -0.4 is 66.3 Å². The second-order valence-electron chi connectivity index (χ2n) is 18.8. The highest BCUT2D eigenvalue weighted by Crippen LogP contribution is 2.30. The zero-order valence-corrected chi connectivity index (χ0v) is 46.1. The van der Waals surface area contributed by atoms with E-state index in [9.17, 15) is 84.0 Å². The van der Waals surface area contributed by atoms with Gasteiger partial charge in [0.2, 0.25) is 17.7 Å². The molecule has 6 amide bonds. The van der Waals surface area contributed by atoms with Gasteiger partial charge in [-0.2, -0.15) is 0 Å². The number of hydrogen-bond donors (Lipinski definition) is 20. The van der Waals surface area contributed by atoms with E-state index in [4.69, 9.17) is 43.9 Å². The summed E-state index contributed by atoms with van der Waals surface area (Å²) in [6, 6.07) is -1.34. The molecule has 0 spiro atoms.